The Balaban J connectivity index is 1.19. The smallest absolute Gasteiger partial charge is 0.168 e. The number of nitrogens with zero attached hydrogens (tertiary/aromatic N) is 6. The van der Waals surface area contributed by atoms with Gasteiger partial charge in [-0.15, -0.1) is 0 Å². The van der Waals surface area contributed by atoms with Crippen molar-refractivity contribution in [3.63, 3.8) is 0 Å². The molecule has 1 aliphatic rings. The van der Waals surface area contributed by atoms with Crippen LogP contribution in [0.15, 0.2) is 196 Å². The second-order valence-electron chi connectivity index (χ2n) is 13.7. The molecule has 0 N–H and O–H groups in total. The Morgan fingerprint density at radius 1 is 0.482 bits per heavy atom. The van der Waals surface area contributed by atoms with Crippen molar-refractivity contribution in [1.82, 2.24) is 19.9 Å². The number of benzene rings is 7. The van der Waals surface area contributed by atoms with Gasteiger partial charge in [-0.3, -0.25) is 0 Å². The van der Waals surface area contributed by atoms with E-state index in [1.807, 2.05) is 103 Å². The molecule has 10 rings (SSSR count). The molecule has 0 fully saturated rings. The minimum absolute atomic E-state index is 0.261. The molecule has 1 unspecified atom stereocenters. The normalized spacial score (nSPS) is 14.2. The molecule has 7 heteroatoms. The number of aliphatic imine (C=N–C) groups is 2. The minimum atomic E-state index is -0.261. The van der Waals surface area contributed by atoms with E-state index in [1.165, 1.54) is 0 Å². The van der Waals surface area contributed by atoms with Gasteiger partial charge in [0.1, 0.15) is 23.2 Å². The lowest BCUT2D eigenvalue weighted by Gasteiger charge is -2.32. The van der Waals surface area contributed by atoms with Gasteiger partial charge in [-0.2, -0.15) is 0 Å². The molecular formula is C49H34N6O. The molecule has 56 heavy (non-hydrogen) atoms. The van der Waals surface area contributed by atoms with Crippen LogP contribution in [0.4, 0.5) is 0 Å². The number of furan rings is 1. The van der Waals surface area contributed by atoms with Crippen molar-refractivity contribution in [3.05, 3.63) is 199 Å². The predicted octanol–water partition coefficient (Wildman–Crippen LogP) is 11.3. The van der Waals surface area contributed by atoms with Gasteiger partial charge in [0.2, 0.25) is 0 Å². The van der Waals surface area contributed by atoms with Crippen LogP contribution in [-0.4, -0.2) is 38.6 Å². The topological polar surface area (TPSA) is 79.8 Å². The van der Waals surface area contributed by atoms with E-state index in [0.29, 0.717) is 28.9 Å². The second kappa shape index (κ2) is 14.0. The molecule has 0 saturated heterocycles. The fourth-order valence-corrected chi connectivity index (χ4v) is 7.44. The van der Waals surface area contributed by atoms with E-state index in [2.05, 4.69) is 90.8 Å². The number of rotatable bonds is 7. The summed E-state index contributed by atoms with van der Waals surface area (Å²) in [7, 11) is 2.05. The fourth-order valence-electron chi connectivity index (χ4n) is 7.44. The Labute approximate surface area is 324 Å². The summed E-state index contributed by atoms with van der Waals surface area (Å²) in [6.07, 6.45) is -0.261. The Morgan fingerprint density at radius 3 is 1.71 bits per heavy atom. The van der Waals surface area contributed by atoms with E-state index in [0.717, 1.165) is 66.7 Å². The zero-order valence-corrected chi connectivity index (χ0v) is 30.5. The maximum absolute atomic E-state index is 6.72. The predicted molar refractivity (Wildman–Crippen MR) is 225 cm³/mol. The van der Waals surface area contributed by atoms with E-state index in [4.69, 9.17) is 29.4 Å². The van der Waals surface area contributed by atoms with E-state index < -0.39 is 0 Å². The summed E-state index contributed by atoms with van der Waals surface area (Å²) < 4.78 is 6.72. The highest BCUT2D eigenvalue weighted by atomic mass is 16.3. The Morgan fingerprint density at radius 2 is 1.04 bits per heavy atom. The molecule has 0 saturated carbocycles. The van der Waals surface area contributed by atoms with Gasteiger partial charge < -0.3 is 9.32 Å². The molecular weight excluding hydrogens is 689 g/mol. The molecule has 0 radical (unpaired) electrons. The minimum Gasteiger partial charge on any atom is -0.455 e. The Hall–Kier alpha value is -7.51. The van der Waals surface area contributed by atoms with Gasteiger partial charge in [0.25, 0.3) is 0 Å². The lowest BCUT2D eigenvalue weighted by Crippen LogP contribution is -2.35. The van der Waals surface area contributed by atoms with Gasteiger partial charge in [-0.25, -0.2) is 24.9 Å². The third-order valence-corrected chi connectivity index (χ3v) is 10.2. The van der Waals surface area contributed by atoms with Crippen LogP contribution in [0.5, 0.6) is 0 Å². The number of hydrogen-bond donors (Lipinski definition) is 0. The first-order chi connectivity index (χ1) is 27.7. The summed E-state index contributed by atoms with van der Waals surface area (Å²) in [6.45, 7) is 0. The van der Waals surface area contributed by atoms with Crippen molar-refractivity contribution in [2.75, 3.05) is 7.05 Å². The van der Waals surface area contributed by atoms with E-state index in [9.17, 15) is 0 Å². The highest BCUT2D eigenvalue weighted by Crippen LogP contribution is 2.42. The van der Waals surface area contributed by atoms with E-state index in [-0.39, 0.29) is 6.17 Å². The molecule has 1 aliphatic heterocycles. The first-order valence-corrected chi connectivity index (χ1v) is 18.6. The molecule has 7 nitrogen and oxygen atoms in total. The van der Waals surface area contributed by atoms with Crippen LogP contribution in [0, 0.1) is 0 Å². The molecule has 0 aliphatic carbocycles. The fraction of sp³-hybridized carbons (Fsp3) is 0.0408. The van der Waals surface area contributed by atoms with Crippen molar-refractivity contribution >= 4 is 33.6 Å². The maximum Gasteiger partial charge on any atom is 0.168 e. The number of para-hydroxylation sites is 1. The van der Waals surface area contributed by atoms with Gasteiger partial charge in [-0.1, -0.05) is 164 Å². The molecule has 0 bridgehead atoms. The van der Waals surface area contributed by atoms with Gasteiger partial charge in [-0.05, 0) is 34.9 Å². The van der Waals surface area contributed by atoms with Crippen LogP contribution in [0.1, 0.15) is 22.9 Å². The quantitative estimate of drug-likeness (QED) is 0.164. The molecule has 3 heterocycles. The van der Waals surface area contributed by atoms with Crippen LogP contribution in [0.25, 0.3) is 67.2 Å². The van der Waals surface area contributed by atoms with Crippen molar-refractivity contribution in [3.8, 4) is 45.3 Å². The first kappa shape index (κ1) is 33.1. The van der Waals surface area contributed by atoms with Crippen molar-refractivity contribution in [1.29, 1.82) is 0 Å². The zero-order chi connectivity index (χ0) is 37.4. The summed E-state index contributed by atoms with van der Waals surface area (Å²) in [5, 5.41) is 2.01. The Kier molecular flexibility index (Phi) is 8.30. The monoisotopic (exact) mass is 722 g/mol. The summed E-state index contributed by atoms with van der Waals surface area (Å²) in [4.78, 5) is 28.0. The van der Waals surface area contributed by atoms with Crippen LogP contribution in [-0.2, 0) is 0 Å². The number of hydrogen-bond acceptors (Lipinski definition) is 7. The average molecular weight is 723 g/mol. The third-order valence-electron chi connectivity index (χ3n) is 10.2. The summed E-state index contributed by atoms with van der Waals surface area (Å²) in [6, 6.07) is 61.5. The molecule has 0 spiro atoms. The summed E-state index contributed by atoms with van der Waals surface area (Å²) in [5.74, 6) is 3.19. The molecule has 1 atom stereocenters. The lowest BCUT2D eigenvalue weighted by molar-refractivity contribution is 0.383. The molecule has 266 valence electrons. The average Bonchev–Trinajstić information content (AvgIpc) is 3.66. The van der Waals surface area contributed by atoms with Crippen LogP contribution < -0.4 is 0 Å². The summed E-state index contributed by atoms with van der Waals surface area (Å²) >= 11 is 0. The standard InChI is InChI=1S/C49H34N6O/c1-55-48(34-21-10-4-11-22-34)53-46(54-49(55)35-23-12-5-13-24-35)37-26-16-25-36(31-37)38-29-30-40-39-27-14-15-28-41(39)56-43(40)42(38)47-51-44(32-17-6-2-7-18-32)50-45(52-47)33-19-8-3-9-20-33/h2-31,48H,1H3. The lowest BCUT2D eigenvalue weighted by atomic mass is 9.95. The number of amidine groups is 2. The second-order valence-corrected chi connectivity index (χ2v) is 13.7. The van der Waals surface area contributed by atoms with E-state index >= 15 is 0 Å². The van der Waals surface area contributed by atoms with Crippen molar-refractivity contribution < 1.29 is 4.42 Å². The highest BCUT2D eigenvalue weighted by molar-refractivity contribution is 6.14. The van der Waals surface area contributed by atoms with Gasteiger partial charge in [0.05, 0.1) is 5.56 Å². The zero-order valence-electron chi connectivity index (χ0n) is 30.5. The first-order valence-electron chi connectivity index (χ1n) is 18.6. The largest absolute Gasteiger partial charge is 0.455 e. The third kappa shape index (κ3) is 6.01. The van der Waals surface area contributed by atoms with Crippen LogP contribution >= 0.6 is 0 Å². The van der Waals surface area contributed by atoms with Gasteiger partial charge in [0.15, 0.2) is 23.3 Å². The molecule has 9 aromatic rings. The SMILES string of the molecule is CN1C(c2ccccc2)=NC(c2cccc(-c3ccc4c(oc5ccccc54)c3-c3nc(-c4ccccc4)nc(-c4ccccc4)n3)c2)=NC1c1ccccc1. The molecule has 7 aromatic carbocycles. The van der Waals surface area contributed by atoms with Crippen molar-refractivity contribution in [2.24, 2.45) is 9.98 Å². The molecule has 0 amide bonds. The highest BCUT2D eigenvalue weighted by Gasteiger charge is 2.27. The van der Waals surface area contributed by atoms with Crippen LogP contribution in [0.2, 0.25) is 0 Å². The molecule has 2 aromatic heterocycles. The van der Waals surface area contributed by atoms with Crippen LogP contribution in [0.3, 0.4) is 0 Å². The maximum atomic E-state index is 6.72. The van der Waals surface area contributed by atoms with Gasteiger partial charge >= 0.3 is 0 Å². The Bertz CT molecular complexity index is 2870. The van der Waals surface area contributed by atoms with E-state index in [1.54, 1.807) is 0 Å². The number of fused-ring (bicyclic) bond motifs is 3. The van der Waals surface area contributed by atoms with Crippen molar-refractivity contribution in [2.45, 2.75) is 6.17 Å². The number of aromatic nitrogens is 3. The van der Waals surface area contributed by atoms with Gasteiger partial charge in [0, 0.05) is 40.1 Å². The summed E-state index contributed by atoms with van der Waals surface area (Å²) in [5.41, 5.74) is 8.97.